The summed E-state index contributed by atoms with van der Waals surface area (Å²) in [6.45, 7) is 3.96. The molecule has 5 nitrogen and oxygen atoms in total. The first-order valence-electron chi connectivity index (χ1n) is 11.0. The summed E-state index contributed by atoms with van der Waals surface area (Å²) in [5.74, 6) is -0.723. The number of hydrogen-bond donors (Lipinski definition) is 0. The van der Waals surface area contributed by atoms with Gasteiger partial charge in [-0.3, -0.25) is 0 Å². The number of benzene rings is 2. The molecule has 0 aromatic heterocycles. The zero-order chi connectivity index (χ0) is 22.6. The molecule has 0 N–H and O–H groups in total. The van der Waals surface area contributed by atoms with Crippen molar-refractivity contribution in [1.82, 2.24) is 4.90 Å². The van der Waals surface area contributed by atoms with Crippen LogP contribution in [0.15, 0.2) is 30.3 Å². The number of methoxy groups -OCH3 is 1. The molecular weight excluding hydrogens is 416 g/mol. The van der Waals surface area contributed by atoms with E-state index in [1.807, 2.05) is 6.07 Å². The number of hydrogen-bond acceptors (Lipinski definition) is 5. The largest absolute Gasteiger partial charge is 0.493 e. The predicted octanol–water partition coefficient (Wildman–Crippen LogP) is 4.46. The first-order chi connectivity index (χ1) is 15.3. The summed E-state index contributed by atoms with van der Waals surface area (Å²) < 4.78 is 45.1. The molecule has 32 heavy (non-hydrogen) atoms. The van der Waals surface area contributed by atoms with Crippen molar-refractivity contribution < 1.29 is 27.8 Å². The summed E-state index contributed by atoms with van der Waals surface area (Å²) in [7, 11) is 3.77. The Hall–Kier alpha value is -2.67. The average Bonchev–Trinajstić information content (AvgIpc) is 3.00. The van der Waals surface area contributed by atoms with Gasteiger partial charge < -0.3 is 19.1 Å². The maximum Gasteiger partial charge on any atom is 0.341 e. The van der Waals surface area contributed by atoms with Gasteiger partial charge in [-0.2, -0.15) is 0 Å². The van der Waals surface area contributed by atoms with Gasteiger partial charge >= 0.3 is 5.97 Å². The van der Waals surface area contributed by atoms with Crippen LogP contribution < -0.4 is 9.47 Å². The van der Waals surface area contributed by atoms with E-state index < -0.39 is 23.7 Å². The molecule has 1 spiro atoms. The molecule has 2 heterocycles. The van der Waals surface area contributed by atoms with Gasteiger partial charge in [-0.1, -0.05) is 13.0 Å². The molecule has 0 saturated heterocycles. The summed E-state index contributed by atoms with van der Waals surface area (Å²) in [4.78, 5) is 14.9. The number of carbonyl (C=O) groups excluding carboxylic acids is 1. The summed E-state index contributed by atoms with van der Waals surface area (Å²) in [5.41, 5.74) is 2.04. The number of esters is 1. The van der Waals surface area contributed by atoms with Crippen LogP contribution in [0.5, 0.6) is 11.5 Å². The van der Waals surface area contributed by atoms with Crippen LogP contribution in [0, 0.1) is 17.6 Å². The predicted molar refractivity (Wildman–Crippen MR) is 114 cm³/mol. The highest BCUT2D eigenvalue weighted by Gasteiger charge is 2.58. The highest BCUT2D eigenvalue weighted by atomic mass is 19.1. The van der Waals surface area contributed by atoms with E-state index in [2.05, 4.69) is 24.9 Å². The molecule has 2 aromatic rings. The minimum absolute atomic E-state index is 0.168. The van der Waals surface area contributed by atoms with E-state index in [0.717, 1.165) is 43.1 Å². The van der Waals surface area contributed by atoms with E-state index in [-0.39, 0.29) is 23.0 Å². The van der Waals surface area contributed by atoms with Crippen molar-refractivity contribution in [2.75, 3.05) is 20.7 Å². The second-order valence-corrected chi connectivity index (χ2v) is 9.29. The van der Waals surface area contributed by atoms with Crippen molar-refractivity contribution in [3.8, 4) is 11.5 Å². The lowest BCUT2D eigenvalue weighted by Gasteiger charge is -2.46. The van der Waals surface area contributed by atoms with Crippen LogP contribution in [-0.4, -0.2) is 43.8 Å². The topological polar surface area (TPSA) is 48.0 Å². The van der Waals surface area contributed by atoms with Crippen LogP contribution >= 0.6 is 0 Å². The molecule has 2 aliphatic heterocycles. The first kappa shape index (κ1) is 21.2. The monoisotopic (exact) mass is 443 g/mol. The summed E-state index contributed by atoms with van der Waals surface area (Å²) in [5, 5.41) is 0. The fourth-order valence-corrected chi connectivity index (χ4v) is 5.94. The van der Waals surface area contributed by atoms with Gasteiger partial charge in [0.25, 0.3) is 0 Å². The van der Waals surface area contributed by atoms with E-state index in [9.17, 15) is 13.6 Å². The van der Waals surface area contributed by atoms with E-state index in [1.165, 1.54) is 11.1 Å². The number of halogens is 2. The van der Waals surface area contributed by atoms with Crippen molar-refractivity contribution in [1.29, 1.82) is 0 Å². The van der Waals surface area contributed by atoms with Gasteiger partial charge in [-0.25, -0.2) is 13.6 Å². The van der Waals surface area contributed by atoms with Gasteiger partial charge in [0.1, 0.15) is 23.8 Å². The van der Waals surface area contributed by atoms with Crippen molar-refractivity contribution in [2.24, 2.45) is 5.92 Å². The number of ether oxygens (including phenoxy) is 3. The Kier molecular flexibility index (Phi) is 5.12. The standard InChI is InChI=1S/C25H27F2NO4/c1-14-10-17(31-24(29)18-6-5-16(26)11-19(18)27)12-21-25(14)8-9-28(2)13-15-4-7-20(30-3)23(32-21)22(15)25/h4-7,11,14,17,21H,8-10,12-13H2,1-3H3/t14?,17-,21?,25+/m0/s1. The molecule has 0 amide bonds. The summed E-state index contributed by atoms with van der Waals surface area (Å²) in [6, 6.07) is 6.97. The van der Waals surface area contributed by atoms with Crippen LogP contribution in [0.4, 0.5) is 8.78 Å². The van der Waals surface area contributed by atoms with Gasteiger partial charge in [-0.15, -0.1) is 0 Å². The van der Waals surface area contributed by atoms with Crippen LogP contribution in [0.25, 0.3) is 0 Å². The SMILES string of the molecule is COc1ccc2c3c1OC1C[C@@H](OC(=O)c4ccc(F)cc4F)CC(C)[C@@]31CCN(C)C2. The molecule has 0 bridgehead atoms. The van der Waals surface area contributed by atoms with Crippen molar-refractivity contribution in [3.63, 3.8) is 0 Å². The molecule has 2 unspecified atom stereocenters. The third-order valence-corrected chi connectivity index (χ3v) is 7.47. The summed E-state index contributed by atoms with van der Waals surface area (Å²) >= 11 is 0. The average molecular weight is 443 g/mol. The van der Waals surface area contributed by atoms with Crippen molar-refractivity contribution >= 4 is 5.97 Å². The maximum absolute atomic E-state index is 14.1. The lowest BCUT2D eigenvalue weighted by molar-refractivity contribution is -0.0380. The van der Waals surface area contributed by atoms with Gasteiger partial charge in [0, 0.05) is 30.0 Å². The Labute approximate surface area is 186 Å². The van der Waals surface area contributed by atoms with E-state index in [1.54, 1.807) is 7.11 Å². The molecule has 3 aliphatic rings. The van der Waals surface area contributed by atoms with E-state index >= 15 is 0 Å². The highest BCUT2D eigenvalue weighted by molar-refractivity contribution is 5.89. The normalized spacial score (nSPS) is 28.8. The minimum Gasteiger partial charge on any atom is -0.493 e. The molecule has 1 saturated carbocycles. The van der Waals surface area contributed by atoms with Crippen LogP contribution in [0.2, 0.25) is 0 Å². The summed E-state index contributed by atoms with van der Waals surface area (Å²) in [6.07, 6.45) is 1.52. The Balaban J connectivity index is 1.46. The molecule has 4 atom stereocenters. The molecule has 1 fully saturated rings. The Morgan fingerprint density at radius 1 is 1.22 bits per heavy atom. The zero-order valence-electron chi connectivity index (χ0n) is 18.5. The van der Waals surface area contributed by atoms with Crippen LogP contribution in [0.3, 0.4) is 0 Å². The first-order valence-corrected chi connectivity index (χ1v) is 11.0. The lowest BCUT2D eigenvalue weighted by atomic mass is 9.59. The second kappa shape index (κ2) is 7.73. The van der Waals surface area contributed by atoms with Crippen molar-refractivity contribution in [3.05, 3.63) is 58.7 Å². The van der Waals surface area contributed by atoms with Crippen molar-refractivity contribution in [2.45, 2.75) is 50.4 Å². The zero-order valence-corrected chi connectivity index (χ0v) is 18.5. The number of nitrogens with zero attached hydrogens (tertiary/aromatic N) is 1. The van der Waals surface area contributed by atoms with Crippen LogP contribution in [0.1, 0.15) is 47.7 Å². The molecule has 5 rings (SSSR count). The lowest BCUT2D eigenvalue weighted by Crippen LogP contribution is -2.52. The second-order valence-electron chi connectivity index (χ2n) is 9.29. The molecule has 0 radical (unpaired) electrons. The third kappa shape index (κ3) is 3.17. The van der Waals surface area contributed by atoms with E-state index in [4.69, 9.17) is 14.2 Å². The fraction of sp³-hybridized carbons (Fsp3) is 0.480. The quantitative estimate of drug-likeness (QED) is 0.656. The Morgan fingerprint density at radius 3 is 2.78 bits per heavy atom. The fourth-order valence-electron chi connectivity index (χ4n) is 5.94. The van der Waals surface area contributed by atoms with Gasteiger partial charge in [0.15, 0.2) is 11.5 Å². The van der Waals surface area contributed by atoms with Crippen LogP contribution in [-0.2, 0) is 16.7 Å². The third-order valence-electron chi connectivity index (χ3n) is 7.47. The molecule has 1 aliphatic carbocycles. The van der Waals surface area contributed by atoms with Gasteiger partial charge in [0.05, 0.1) is 12.7 Å². The van der Waals surface area contributed by atoms with Gasteiger partial charge in [0.2, 0.25) is 0 Å². The molecule has 170 valence electrons. The van der Waals surface area contributed by atoms with Gasteiger partial charge in [-0.05, 0) is 56.1 Å². The highest BCUT2D eigenvalue weighted by Crippen LogP contribution is 2.59. The minimum atomic E-state index is -0.916. The number of rotatable bonds is 3. The molecular formula is C25H27F2NO4. The van der Waals surface area contributed by atoms with E-state index in [0.29, 0.717) is 18.9 Å². The maximum atomic E-state index is 14.1. The molecule has 7 heteroatoms. The Morgan fingerprint density at radius 2 is 2.03 bits per heavy atom. The Bertz CT molecular complexity index is 1070. The smallest absolute Gasteiger partial charge is 0.341 e. The number of carbonyl (C=O) groups is 1. The molecule has 2 aromatic carbocycles.